The highest BCUT2D eigenvalue weighted by Gasteiger charge is 2.24. The van der Waals surface area contributed by atoms with E-state index in [0.29, 0.717) is 24.8 Å². The highest BCUT2D eigenvalue weighted by molar-refractivity contribution is 8.14. The number of para-hydroxylation sites is 4. The maximum atomic E-state index is 12.7. The summed E-state index contributed by atoms with van der Waals surface area (Å²) in [4.78, 5) is 25.7. The minimum absolute atomic E-state index is 0.0633. The summed E-state index contributed by atoms with van der Waals surface area (Å²) in [5.41, 5.74) is 2.53. The van der Waals surface area contributed by atoms with Gasteiger partial charge in [-0.3, -0.25) is 4.79 Å². The molecule has 0 bridgehead atoms. The number of nitrogens with zero attached hydrogens (tertiary/aromatic N) is 4. The minimum atomic E-state index is -0.0633. The number of nitrogens with one attached hydrogen (secondary N) is 1. The summed E-state index contributed by atoms with van der Waals surface area (Å²) in [5, 5.41) is -0.0633. The van der Waals surface area contributed by atoms with Gasteiger partial charge in [0.2, 0.25) is 5.82 Å². The molecule has 2 heterocycles. The Bertz CT molecular complexity index is 1040. The van der Waals surface area contributed by atoms with Crippen LogP contribution in [0.1, 0.15) is 0 Å². The van der Waals surface area contributed by atoms with Gasteiger partial charge < -0.3 is 24.0 Å². The minimum Gasteiger partial charge on any atom is -0.495 e. The van der Waals surface area contributed by atoms with Gasteiger partial charge in [0, 0.05) is 38.1 Å². The SMILES string of the molecule is COc1ccccc1N1CCN(C(=O)SNc2nc3ccccc3nc2OC)CC1. The Balaban J connectivity index is 1.37. The molecule has 0 atom stereocenters. The Morgan fingerprint density at radius 2 is 1.60 bits per heavy atom. The van der Waals surface area contributed by atoms with Crippen LogP contribution in [-0.2, 0) is 0 Å². The number of ether oxygens (including phenoxy) is 2. The van der Waals surface area contributed by atoms with E-state index in [-0.39, 0.29) is 5.24 Å². The van der Waals surface area contributed by atoms with Crippen molar-refractivity contribution in [2.75, 3.05) is 50.0 Å². The summed E-state index contributed by atoms with van der Waals surface area (Å²) < 4.78 is 13.8. The van der Waals surface area contributed by atoms with Gasteiger partial charge in [-0.1, -0.05) is 24.3 Å². The third kappa shape index (κ3) is 4.20. The highest BCUT2D eigenvalue weighted by atomic mass is 32.2. The molecule has 4 rings (SSSR count). The number of aromatic nitrogens is 2. The predicted molar refractivity (Wildman–Crippen MR) is 119 cm³/mol. The van der Waals surface area contributed by atoms with E-state index in [0.717, 1.165) is 47.5 Å². The molecule has 0 saturated carbocycles. The van der Waals surface area contributed by atoms with Gasteiger partial charge in [-0.05, 0) is 24.3 Å². The highest BCUT2D eigenvalue weighted by Crippen LogP contribution is 2.29. The van der Waals surface area contributed by atoms with Crippen LogP contribution in [0.2, 0.25) is 0 Å². The molecule has 0 unspecified atom stereocenters. The Hall–Kier alpha value is -3.20. The second-order valence-electron chi connectivity index (χ2n) is 6.69. The molecule has 8 nitrogen and oxygen atoms in total. The number of rotatable bonds is 5. The molecule has 0 aliphatic carbocycles. The number of benzene rings is 2. The normalized spacial score (nSPS) is 13.9. The van der Waals surface area contributed by atoms with Crippen molar-refractivity contribution in [2.24, 2.45) is 0 Å². The first-order valence-electron chi connectivity index (χ1n) is 9.60. The lowest BCUT2D eigenvalue weighted by Gasteiger charge is -2.36. The molecule has 156 valence electrons. The molecule has 2 aromatic carbocycles. The fraction of sp³-hybridized carbons (Fsp3) is 0.286. The number of hydrogen-bond acceptors (Lipinski definition) is 8. The first-order chi connectivity index (χ1) is 14.7. The van der Waals surface area contributed by atoms with Crippen LogP contribution in [0, 0.1) is 0 Å². The lowest BCUT2D eigenvalue weighted by atomic mass is 10.2. The molecular weight excluding hydrogens is 402 g/mol. The van der Waals surface area contributed by atoms with E-state index in [1.54, 1.807) is 7.11 Å². The molecule has 1 aliphatic rings. The molecule has 1 amide bonds. The van der Waals surface area contributed by atoms with E-state index in [1.807, 2.05) is 53.4 Å². The van der Waals surface area contributed by atoms with Gasteiger partial charge in [0.25, 0.3) is 5.88 Å². The number of piperazine rings is 1. The quantitative estimate of drug-likeness (QED) is 0.621. The number of carbonyl (C=O) groups is 1. The molecule has 1 aromatic heterocycles. The topological polar surface area (TPSA) is 79.8 Å². The Morgan fingerprint density at radius 1 is 0.933 bits per heavy atom. The first kappa shape index (κ1) is 20.1. The molecule has 9 heteroatoms. The number of amides is 1. The van der Waals surface area contributed by atoms with Gasteiger partial charge in [-0.15, -0.1) is 0 Å². The summed E-state index contributed by atoms with van der Waals surface area (Å²) in [6.07, 6.45) is 0. The molecule has 30 heavy (non-hydrogen) atoms. The van der Waals surface area contributed by atoms with Crippen molar-refractivity contribution in [1.82, 2.24) is 14.9 Å². The summed E-state index contributed by atoms with van der Waals surface area (Å²) in [7, 11) is 3.21. The van der Waals surface area contributed by atoms with Crippen molar-refractivity contribution in [2.45, 2.75) is 0 Å². The van der Waals surface area contributed by atoms with Crippen LogP contribution in [0.25, 0.3) is 11.0 Å². The van der Waals surface area contributed by atoms with Gasteiger partial charge in [-0.2, -0.15) is 0 Å². The van der Waals surface area contributed by atoms with Gasteiger partial charge in [0.15, 0.2) is 0 Å². The fourth-order valence-corrected chi connectivity index (χ4v) is 4.00. The zero-order valence-corrected chi connectivity index (χ0v) is 17.7. The van der Waals surface area contributed by atoms with Gasteiger partial charge >= 0.3 is 5.24 Å². The van der Waals surface area contributed by atoms with Gasteiger partial charge in [-0.25, -0.2) is 9.97 Å². The van der Waals surface area contributed by atoms with Crippen molar-refractivity contribution in [3.05, 3.63) is 48.5 Å². The van der Waals surface area contributed by atoms with Crippen LogP contribution in [0.4, 0.5) is 16.3 Å². The molecule has 3 aromatic rings. The number of anilines is 2. The monoisotopic (exact) mass is 425 g/mol. The van der Waals surface area contributed by atoms with Crippen LogP contribution >= 0.6 is 11.9 Å². The van der Waals surface area contributed by atoms with Crippen LogP contribution in [-0.4, -0.2) is 60.5 Å². The average molecular weight is 426 g/mol. The van der Waals surface area contributed by atoms with Gasteiger partial charge in [0.05, 0.1) is 30.9 Å². The Kier molecular flexibility index (Phi) is 6.08. The molecular formula is C21H23N5O3S. The van der Waals surface area contributed by atoms with E-state index in [9.17, 15) is 4.79 Å². The smallest absolute Gasteiger partial charge is 0.302 e. The van der Waals surface area contributed by atoms with Crippen LogP contribution in [0.3, 0.4) is 0 Å². The van der Waals surface area contributed by atoms with E-state index in [1.165, 1.54) is 7.11 Å². The van der Waals surface area contributed by atoms with E-state index >= 15 is 0 Å². The van der Waals surface area contributed by atoms with Crippen molar-refractivity contribution in [1.29, 1.82) is 0 Å². The summed E-state index contributed by atoms with van der Waals surface area (Å²) >= 11 is 0.990. The van der Waals surface area contributed by atoms with Crippen LogP contribution < -0.4 is 19.1 Å². The predicted octanol–water partition coefficient (Wildman–Crippen LogP) is 3.65. The summed E-state index contributed by atoms with van der Waals surface area (Å²) in [6, 6.07) is 15.5. The number of methoxy groups -OCH3 is 2. The molecule has 1 aliphatic heterocycles. The van der Waals surface area contributed by atoms with Crippen LogP contribution in [0.15, 0.2) is 48.5 Å². The first-order valence-corrected chi connectivity index (χ1v) is 10.4. The third-order valence-electron chi connectivity index (χ3n) is 4.93. The maximum Gasteiger partial charge on any atom is 0.302 e. The Morgan fingerprint density at radius 3 is 2.30 bits per heavy atom. The second-order valence-corrected chi connectivity index (χ2v) is 7.44. The van der Waals surface area contributed by atoms with Crippen molar-refractivity contribution < 1.29 is 14.3 Å². The maximum absolute atomic E-state index is 12.7. The van der Waals surface area contributed by atoms with Crippen molar-refractivity contribution >= 4 is 39.7 Å². The summed E-state index contributed by atoms with van der Waals surface area (Å²) in [5.74, 6) is 1.63. The summed E-state index contributed by atoms with van der Waals surface area (Å²) in [6.45, 7) is 2.75. The van der Waals surface area contributed by atoms with Crippen LogP contribution in [0.5, 0.6) is 11.6 Å². The zero-order chi connectivity index (χ0) is 20.9. The average Bonchev–Trinajstić information content (AvgIpc) is 2.81. The van der Waals surface area contributed by atoms with E-state index in [4.69, 9.17) is 9.47 Å². The number of fused-ring (bicyclic) bond motifs is 1. The number of carbonyl (C=O) groups excluding carboxylic acids is 1. The lowest BCUT2D eigenvalue weighted by molar-refractivity contribution is 0.219. The molecule has 1 saturated heterocycles. The Labute approximate surface area is 179 Å². The molecule has 1 fully saturated rings. The fourth-order valence-electron chi connectivity index (χ4n) is 3.37. The van der Waals surface area contributed by atoms with Crippen molar-refractivity contribution in [3.8, 4) is 11.6 Å². The molecule has 0 spiro atoms. The van der Waals surface area contributed by atoms with Crippen molar-refractivity contribution in [3.63, 3.8) is 0 Å². The zero-order valence-electron chi connectivity index (χ0n) is 16.9. The van der Waals surface area contributed by atoms with E-state index < -0.39 is 0 Å². The lowest BCUT2D eigenvalue weighted by Crippen LogP contribution is -2.48. The largest absolute Gasteiger partial charge is 0.495 e. The third-order valence-corrected chi connectivity index (χ3v) is 5.66. The van der Waals surface area contributed by atoms with E-state index in [2.05, 4.69) is 19.6 Å². The molecule has 1 N–H and O–H groups in total. The standard InChI is InChI=1S/C21H23N5O3S/c1-28-18-10-6-5-9-17(18)25-11-13-26(14-12-25)21(27)30-24-19-20(29-2)23-16-8-4-3-7-15(16)22-19/h3-10H,11-14H2,1-2H3,(H,22,24). The second kappa shape index (κ2) is 9.08. The van der Waals surface area contributed by atoms with Gasteiger partial charge in [0.1, 0.15) is 5.75 Å². The molecule has 0 radical (unpaired) electrons. The number of hydrogen-bond donors (Lipinski definition) is 1.